The molecule has 0 bridgehead atoms. The summed E-state index contributed by atoms with van der Waals surface area (Å²) in [5, 5.41) is 15.7. The summed E-state index contributed by atoms with van der Waals surface area (Å²) in [4.78, 5) is 45.4. The van der Waals surface area contributed by atoms with Crippen LogP contribution in [-0.4, -0.2) is 36.4 Å². The van der Waals surface area contributed by atoms with E-state index in [1.807, 2.05) is 0 Å². The maximum Gasteiger partial charge on any atom is 0.340 e. The van der Waals surface area contributed by atoms with E-state index in [9.17, 15) is 24.5 Å². The van der Waals surface area contributed by atoms with Crippen LogP contribution in [-0.2, 0) is 9.53 Å². The van der Waals surface area contributed by atoms with E-state index in [-0.39, 0.29) is 22.2 Å². The fraction of sp³-hybridized carbons (Fsp3) is 0.118. The summed E-state index contributed by atoms with van der Waals surface area (Å²) in [6, 6.07) is 9.38. The number of carbonyl (C=O) groups excluding carboxylic acids is 3. The SMILES string of the molecule is CNC(=O)c1ccc(NC(=O)COC(=O)c2cc([N+](=O)[O-])ccc2Cl)cc1. The highest BCUT2D eigenvalue weighted by molar-refractivity contribution is 6.33. The van der Waals surface area contributed by atoms with Crippen molar-refractivity contribution in [3.8, 4) is 0 Å². The van der Waals surface area contributed by atoms with E-state index in [4.69, 9.17) is 16.3 Å². The number of hydrogen-bond donors (Lipinski definition) is 2. The molecule has 2 aromatic rings. The normalized spacial score (nSPS) is 10.0. The molecule has 0 heterocycles. The Kier molecular flexibility index (Phi) is 6.45. The van der Waals surface area contributed by atoms with Crippen LogP contribution in [0.25, 0.3) is 0 Å². The molecule has 2 aromatic carbocycles. The first-order valence-electron chi connectivity index (χ1n) is 7.55. The molecule has 0 atom stereocenters. The number of nitrogens with zero attached hydrogens (tertiary/aromatic N) is 1. The summed E-state index contributed by atoms with van der Waals surface area (Å²) in [5.41, 5.74) is 0.278. The average molecular weight is 392 g/mol. The Hall–Kier alpha value is -3.46. The van der Waals surface area contributed by atoms with Crippen LogP contribution in [0.15, 0.2) is 42.5 Å². The van der Waals surface area contributed by atoms with Crippen LogP contribution >= 0.6 is 11.6 Å². The zero-order chi connectivity index (χ0) is 20.0. The van der Waals surface area contributed by atoms with E-state index in [0.29, 0.717) is 11.3 Å². The lowest BCUT2D eigenvalue weighted by Gasteiger charge is -2.08. The van der Waals surface area contributed by atoms with E-state index in [2.05, 4.69) is 10.6 Å². The van der Waals surface area contributed by atoms with Gasteiger partial charge in [-0.15, -0.1) is 0 Å². The smallest absolute Gasteiger partial charge is 0.340 e. The van der Waals surface area contributed by atoms with Crippen LogP contribution in [0.3, 0.4) is 0 Å². The Labute approximate surface area is 158 Å². The average Bonchev–Trinajstić information content (AvgIpc) is 2.66. The molecule has 0 fully saturated rings. The number of ether oxygens (including phenoxy) is 1. The summed E-state index contributed by atoms with van der Waals surface area (Å²) < 4.78 is 4.83. The van der Waals surface area contributed by atoms with Gasteiger partial charge in [-0.2, -0.15) is 0 Å². The monoisotopic (exact) mass is 391 g/mol. The standard InChI is InChI=1S/C17H14ClN3O6/c1-19-16(23)10-2-4-11(5-3-10)20-15(22)9-27-17(24)13-8-12(21(25)26)6-7-14(13)18/h2-8H,9H2,1H3,(H,19,23)(H,20,22). The zero-order valence-corrected chi connectivity index (χ0v) is 14.8. The second kappa shape index (κ2) is 8.77. The number of amides is 2. The second-order valence-electron chi connectivity index (χ2n) is 5.20. The molecule has 10 heteroatoms. The number of nitro groups is 1. The van der Waals surface area contributed by atoms with Crippen molar-refractivity contribution in [2.24, 2.45) is 0 Å². The predicted octanol–water partition coefficient (Wildman–Crippen LogP) is 2.40. The third-order valence-electron chi connectivity index (χ3n) is 3.37. The molecule has 0 saturated heterocycles. The second-order valence-corrected chi connectivity index (χ2v) is 5.61. The molecule has 2 rings (SSSR count). The lowest BCUT2D eigenvalue weighted by Crippen LogP contribution is -2.21. The minimum Gasteiger partial charge on any atom is -0.452 e. The van der Waals surface area contributed by atoms with Gasteiger partial charge in [0.25, 0.3) is 17.5 Å². The van der Waals surface area contributed by atoms with Crippen molar-refractivity contribution >= 4 is 40.8 Å². The first kappa shape index (κ1) is 19.9. The van der Waals surface area contributed by atoms with Gasteiger partial charge in [0.2, 0.25) is 0 Å². The molecule has 0 aliphatic carbocycles. The van der Waals surface area contributed by atoms with Gasteiger partial charge in [-0.25, -0.2) is 4.79 Å². The third-order valence-corrected chi connectivity index (χ3v) is 3.70. The first-order chi connectivity index (χ1) is 12.8. The van der Waals surface area contributed by atoms with Crippen molar-refractivity contribution in [2.45, 2.75) is 0 Å². The quantitative estimate of drug-likeness (QED) is 0.442. The zero-order valence-electron chi connectivity index (χ0n) is 14.0. The maximum atomic E-state index is 12.0. The van der Waals surface area contributed by atoms with E-state index in [1.165, 1.54) is 37.4 Å². The van der Waals surface area contributed by atoms with Gasteiger partial charge in [0, 0.05) is 30.4 Å². The van der Waals surface area contributed by atoms with E-state index < -0.39 is 23.4 Å². The van der Waals surface area contributed by atoms with Gasteiger partial charge in [-0.3, -0.25) is 19.7 Å². The Morgan fingerprint density at radius 2 is 1.81 bits per heavy atom. The molecule has 2 N–H and O–H groups in total. The molecular weight excluding hydrogens is 378 g/mol. The van der Waals surface area contributed by atoms with Crippen LogP contribution in [0, 0.1) is 10.1 Å². The lowest BCUT2D eigenvalue weighted by atomic mass is 10.2. The van der Waals surface area contributed by atoms with Crippen molar-refractivity contribution in [3.63, 3.8) is 0 Å². The summed E-state index contributed by atoms with van der Waals surface area (Å²) in [5.74, 6) is -1.86. The lowest BCUT2D eigenvalue weighted by molar-refractivity contribution is -0.384. The Balaban J connectivity index is 1.95. The number of esters is 1. The van der Waals surface area contributed by atoms with Gasteiger partial charge in [-0.05, 0) is 30.3 Å². The number of hydrogen-bond acceptors (Lipinski definition) is 6. The molecule has 2 amide bonds. The van der Waals surface area contributed by atoms with Gasteiger partial charge in [0.15, 0.2) is 6.61 Å². The van der Waals surface area contributed by atoms with Crippen molar-refractivity contribution in [3.05, 3.63) is 68.7 Å². The molecule has 140 valence electrons. The van der Waals surface area contributed by atoms with Crippen molar-refractivity contribution in [1.82, 2.24) is 5.32 Å². The van der Waals surface area contributed by atoms with Crippen LogP contribution in [0.1, 0.15) is 20.7 Å². The predicted molar refractivity (Wildman–Crippen MR) is 96.9 cm³/mol. The molecule has 0 aromatic heterocycles. The number of nitrogens with one attached hydrogen (secondary N) is 2. The summed E-state index contributed by atoms with van der Waals surface area (Å²) in [7, 11) is 1.50. The maximum absolute atomic E-state index is 12.0. The number of nitro benzene ring substituents is 1. The van der Waals surface area contributed by atoms with Crippen LogP contribution in [0.2, 0.25) is 5.02 Å². The largest absolute Gasteiger partial charge is 0.452 e. The molecule has 0 saturated carbocycles. The Bertz CT molecular complexity index is 898. The van der Waals surface area contributed by atoms with Gasteiger partial charge < -0.3 is 15.4 Å². The number of halogens is 1. The van der Waals surface area contributed by atoms with E-state index >= 15 is 0 Å². The molecular formula is C17H14ClN3O6. The molecule has 0 unspecified atom stereocenters. The first-order valence-corrected chi connectivity index (χ1v) is 7.92. The molecule has 0 radical (unpaired) electrons. The highest BCUT2D eigenvalue weighted by Gasteiger charge is 2.18. The minimum absolute atomic E-state index is 0.0317. The van der Waals surface area contributed by atoms with Gasteiger partial charge in [0.05, 0.1) is 15.5 Å². The Morgan fingerprint density at radius 3 is 2.41 bits per heavy atom. The number of anilines is 1. The van der Waals surface area contributed by atoms with Gasteiger partial charge in [-0.1, -0.05) is 11.6 Å². The minimum atomic E-state index is -0.964. The topological polar surface area (TPSA) is 128 Å². The van der Waals surface area contributed by atoms with E-state index in [0.717, 1.165) is 12.1 Å². The van der Waals surface area contributed by atoms with Crippen LogP contribution in [0.4, 0.5) is 11.4 Å². The van der Waals surface area contributed by atoms with Crippen molar-refractivity contribution in [1.29, 1.82) is 0 Å². The number of non-ortho nitro benzene ring substituents is 1. The molecule has 9 nitrogen and oxygen atoms in total. The summed E-state index contributed by atoms with van der Waals surface area (Å²) in [6.07, 6.45) is 0. The number of carbonyl (C=O) groups is 3. The highest BCUT2D eigenvalue weighted by atomic mass is 35.5. The fourth-order valence-electron chi connectivity index (χ4n) is 2.04. The summed E-state index contributed by atoms with van der Waals surface area (Å²) >= 11 is 5.84. The van der Waals surface area contributed by atoms with Crippen LogP contribution < -0.4 is 10.6 Å². The molecule has 0 aliphatic heterocycles. The third kappa shape index (κ3) is 5.25. The molecule has 0 aliphatic rings. The summed E-state index contributed by atoms with van der Waals surface area (Å²) in [6.45, 7) is -0.616. The molecule has 27 heavy (non-hydrogen) atoms. The number of rotatable bonds is 6. The fourth-order valence-corrected chi connectivity index (χ4v) is 2.23. The van der Waals surface area contributed by atoms with E-state index in [1.54, 1.807) is 0 Å². The van der Waals surface area contributed by atoms with Crippen molar-refractivity contribution < 1.29 is 24.0 Å². The van der Waals surface area contributed by atoms with Crippen molar-refractivity contribution in [2.75, 3.05) is 19.0 Å². The number of benzene rings is 2. The Morgan fingerprint density at radius 1 is 1.15 bits per heavy atom. The van der Waals surface area contributed by atoms with Gasteiger partial charge >= 0.3 is 5.97 Å². The highest BCUT2D eigenvalue weighted by Crippen LogP contribution is 2.22. The van der Waals surface area contributed by atoms with Gasteiger partial charge in [0.1, 0.15) is 0 Å². The molecule has 0 spiro atoms. The van der Waals surface area contributed by atoms with Crippen LogP contribution in [0.5, 0.6) is 0 Å².